The zero-order valence-corrected chi connectivity index (χ0v) is 16.8. The minimum Gasteiger partial charge on any atom is -0.357 e. The molecule has 0 amide bonds. The molecule has 1 fully saturated rings. The van der Waals surface area contributed by atoms with E-state index in [0.29, 0.717) is 17.1 Å². The Morgan fingerprint density at radius 2 is 1.84 bits per heavy atom. The van der Waals surface area contributed by atoms with Crippen LogP contribution in [0.1, 0.15) is 57.7 Å². The van der Waals surface area contributed by atoms with Crippen molar-refractivity contribution in [2.75, 3.05) is 24.3 Å². The van der Waals surface area contributed by atoms with Crippen LogP contribution in [0.5, 0.6) is 0 Å². The van der Waals surface area contributed by atoms with Crippen molar-refractivity contribution in [3.63, 3.8) is 0 Å². The molecular weight excluding hydrogens is 354 g/mol. The number of hydrogen-bond donors (Lipinski definition) is 1. The molecular formula is C16H25N7S2. The van der Waals surface area contributed by atoms with E-state index in [2.05, 4.69) is 44.3 Å². The molecule has 3 rings (SSSR count). The first-order valence-electron chi connectivity index (χ1n) is 8.72. The van der Waals surface area contributed by atoms with Crippen LogP contribution in [-0.2, 0) is 0 Å². The van der Waals surface area contributed by atoms with Crippen molar-refractivity contribution in [2.24, 2.45) is 0 Å². The van der Waals surface area contributed by atoms with Gasteiger partial charge in [0.05, 0.1) is 0 Å². The van der Waals surface area contributed by atoms with E-state index in [4.69, 9.17) is 0 Å². The number of hydrogen-bond acceptors (Lipinski definition) is 9. The third kappa shape index (κ3) is 5.01. The van der Waals surface area contributed by atoms with E-state index in [-0.39, 0.29) is 5.92 Å². The average Bonchev–Trinajstić information content (AvgIpc) is 3.02. The van der Waals surface area contributed by atoms with Gasteiger partial charge < -0.3 is 10.2 Å². The predicted octanol–water partition coefficient (Wildman–Crippen LogP) is 3.81. The summed E-state index contributed by atoms with van der Waals surface area (Å²) in [7, 11) is 3.87. The van der Waals surface area contributed by atoms with Crippen molar-refractivity contribution in [1.29, 1.82) is 0 Å². The molecule has 0 radical (unpaired) electrons. The summed E-state index contributed by atoms with van der Waals surface area (Å²) in [6.07, 6.45) is 6.39. The third-order valence-corrected chi connectivity index (χ3v) is 5.83. The second kappa shape index (κ2) is 8.27. The molecule has 25 heavy (non-hydrogen) atoms. The van der Waals surface area contributed by atoms with Crippen molar-refractivity contribution in [3.8, 4) is 0 Å². The summed E-state index contributed by atoms with van der Waals surface area (Å²) < 4.78 is 0.851. The normalized spacial score (nSPS) is 15.6. The highest BCUT2D eigenvalue weighted by molar-refractivity contribution is 8.00. The Morgan fingerprint density at radius 3 is 2.52 bits per heavy atom. The van der Waals surface area contributed by atoms with Gasteiger partial charge in [-0.1, -0.05) is 44.4 Å². The molecule has 9 heteroatoms. The highest BCUT2D eigenvalue weighted by Gasteiger charge is 2.17. The van der Waals surface area contributed by atoms with E-state index in [0.717, 1.165) is 15.3 Å². The van der Waals surface area contributed by atoms with Gasteiger partial charge in [0.1, 0.15) is 5.82 Å². The highest BCUT2D eigenvalue weighted by atomic mass is 32.2. The van der Waals surface area contributed by atoms with Crippen LogP contribution in [0.3, 0.4) is 0 Å². The summed E-state index contributed by atoms with van der Waals surface area (Å²) in [4.78, 5) is 15.5. The summed E-state index contributed by atoms with van der Waals surface area (Å²) in [5.41, 5.74) is 0. The first kappa shape index (κ1) is 18.3. The molecule has 1 saturated carbocycles. The lowest BCUT2D eigenvalue weighted by molar-refractivity contribution is 0.462. The molecule has 0 aliphatic heterocycles. The molecule has 0 atom stereocenters. The number of nitrogens with one attached hydrogen (secondary N) is 1. The number of nitrogens with zero attached hydrogens (tertiary/aromatic N) is 6. The monoisotopic (exact) mass is 379 g/mol. The van der Waals surface area contributed by atoms with Crippen LogP contribution >= 0.6 is 23.1 Å². The second-order valence-electron chi connectivity index (χ2n) is 6.78. The van der Waals surface area contributed by atoms with E-state index in [1.807, 2.05) is 19.0 Å². The highest BCUT2D eigenvalue weighted by Crippen LogP contribution is 2.32. The fraction of sp³-hybridized carbons (Fsp3) is 0.688. The molecule has 1 N–H and O–H groups in total. The first-order chi connectivity index (χ1) is 12.0. The molecule has 7 nitrogen and oxygen atoms in total. The van der Waals surface area contributed by atoms with Crippen LogP contribution in [0.15, 0.2) is 9.50 Å². The van der Waals surface area contributed by atoms with Gasteiger partial charge in [-0.15, -0.1) is 10.2 Å². The zero-order chi connectivity index (χ0) is 17.8. The van der Waals surface area contributed by atoms with Gasteiger partial charge in [-0.3, -0.25) is 0 Å². The lowest BCUT2D eigenvalue weighted by Gasteiger charge is -2.21. The van der Waals surface area contributed by atoms with Gasteiger partial charge in [0, 0.05) is 26.1 Å². The van der Waals surface area contributed by atoms with Gasteiger partial charge >= 0.3 is 0 Å². The van der Waals surface area contributed by atoms with Gasteiger partial charge in [-0.05, 0) is 24.6 Å². The Labute approximate surface area is 157 Å². The molecule has 0 unspecified atom stereocenters. The molecule has 0 aromatic carbocycles. The molecule has 1 aliphatic rings. The van der Waals surface area contributed by atoms with Crippen LogP contribution < -0.4 is 10.2 Å². The predicted molar refractivity (Wildman–Crippen MR) is 103 cm³/mol. The van der Waals surface area contributed by atoms with Gasteiger partial charge in [0.25, 0.3) is 0 Å². The Balaban J connectivity index is 1.71. The van der Waals surface area contributed by atoms with Crippen molar-refractivity contribution < 1.29 is 0 Å². The van der Waals surface area contributed by atoms with Crippen LogP contribution in [-0.4, -0.2) is 45.3 Å². The second-order valence-corrected chi connectivity index (χ2v) is 8.97. The Bertz CT molecular complexity index is 669. The van der Waals surface area contributed by atoms with Crippen molar-refractivity contribution >= 4 is 34.2 Å². The van der Waals surface area contributed by atoms with Gasteiger partial charge in [0.2, 0.25) is 11.1 Å². The summed E-state index contributed by atoms with van der Waals surface area (Å²) in [5.74, 6) is 1.72. The number of rotatable bonds is 6. The van der Waals surface area contributed by atoms with E-state index in [1.165, 1.54) is 43.9 Å². The zero-order valence-electron chi connectivity index (χ0n) is 15.2. The average molecular weight is 380 g/mol. The molecule has 0 saturated heterocycles. The fourth-order valence-corrected chi connectivity index (χ4v) is 4.36. The van der Waals surface area contributed by atoms with Gasteiger partial charge in [0.15, 0.2) is 9.50 Å². The maximum absolute atomic E-state index is 4.57. The summed E-state index contributed by atoms with van der Waals surface area (Å²) in [5, 5.41) is 13.6. The molecule has 2 aromatic heterocycles. The topological polar surface area (TPSA) is 79.7 Å². The molecule has 0 bridgehead atoms. The Hall–Kier alpha value is -1.48. The largest absolute Gasteiger partial charge is 0.357 e. The van der Waals surface area contributed by atoms with Crippen LogP contribution in [0.2, 0.25) is 0 Å². The van der Waals surface area contributed by atoms with Crippen LogP contribution in [0, 0.1) is 0 Å². The van der Waals surface area contributed by atoms with Crippen molar-refractivity contribution in [2.45, 2.75) is 67.4 Å². The van der Waals surface area contributed by atoms with E-state index < -0.39 is 0 Å². The first-order valence-corrected chi connectivity index (χ1v) is 10.4. The maximum atomic E-state index is 4.57. The number of anilines is 2. The summed E-state index contributed by atoms with van der Waals surface area (Å²) >= 11 is 3.02. The van der Waals surface area contributed by atoms with Crippen LogP contribution in [0.25, 0.3) is 0 Å². The SMILES string of the molecule is CC(C)c1nc(Sc2nnc(NC3CCCCC3)s2)nc(N(C)C)n1. The summed E-state index contributed by atoms with van der Waals surface area (Å²) in [6.45, 7) is 4.17. The van der Waals surface area contributed by atoms with Crippen molar-refractivity contribution in [3.05, 3.63) is 5.82 Å². The van der Waals surface area contributed by atoms with Gasteiger partial charge in [-0.2, -0.15) is 9.97 Å². The van der Waals surface area contributed by atoms with E-state index in [9.17, 15) is 0 Å². The van der Waals surface area contributed by atoms with Crippen molar-refractivity contribution in [1.82, 2.24) is 25.1 Å². The molecule has 136 valence electrons. The minimum absolute atomic E-state index is 0.249. The summed E-state index contributed by atoms with van der Waals surface area (Å²) in [6, 6.07) is 0.532. The maximum Gasteiger partial charge on any atom is 0.229 e. The molecule has 0 spiro atoms. The minimum atomic E-state index is 0.249. The van der Waals surface area contributed by atoms with Crippen LogP contribution in [0.4, 0.5) is 11.1 Å². The lowest BCUT2D eigenvalue weighted by atomic mass is 9.96. The smallest absolute Gasteiger partial charge is 0.229 e. The Kier molecular flexibility index (Phi) is 6.06. The quantitative estimate of drug-likeness (QED) is 0.811. The Morgan fingerprint density at radius 1 is 1.08 bits per heavy atom. The molecule has 2 aromatic rings. The van der Waals surface area contributed by atoms with Gasteiger partial charge in [-0.25, -0.2) is 4.98 Å². The number of aromatic nitrogens is 5. The molecule has 2 heterocycles. The van der Waals surface area contributed by atoms with E-state index >= 15 is 0 Å². The fourth-order valence-electron chi connectivity index (χ4n) is 2.67. The standard InChI is InChI=1S/C16H25N7S2/c1-10(2)12-18-13(23(3)4)20-14(19-12)24-16-22-21-15(25-16)17-11-8-6-5-7-9-11/h10-11H,5-9H2,1-4H3,(H,17,21). The van der Waals surface area contributed by atoms with E-state index in [1.54, 1.807) is 11.3 Å². The molecule has 1 aliphatic carbocycles. The third-order valence-electron chi connectivity index (χ3n) is 4.05. The lowest BCUT2D eigenvalue weighted by Crippen LogP contribution is -2.21.